The van der Waals surface area contributed by atoms with Gasteiger partial charge in [-0.3, -0.25) is 9.59 Å². The number of rotatable bonds is 5. The summed E-state index contributed by atoms with van der Waals surface area (Å²) in [5.41, 5.74) is 4.63. The second-order valence-corrected chi connectivity index (χ2v) is 7.28. The Bertz CT molecular complexity index is 1080. The van der Waals surface area contributed by atoms with Crippen molar-refractivity contribution in [3.63, 3.8) is 0 Å². The van der Waals surface area contributed by atoms with Crippen molar-refractivity contribution in [1.29, 1.82) is 0 Å². The largest absolute Gasteiger partial charge is 0.455 e. The number of aromatic nitrogens is 4. The van der Waals surface area contributed by atoms with E-state index in [-0.39, 0.29) is 25.0 Å². The molecule has 0 saturated heterocycles. The van der Waals surface area contributed by atoms with Gasteiger partial charge < -0.3 is 10.1 Å². The number of nitrogens with one attached hydrogen (secondary N) is 1. The molecule has 0 unspecified atom stereocenters. The maximum absolute atomic E-state index is 12.3. The van der Waals surface area contributed by atoms with Gasteiger partial charge in [-0.2, -0.15) is 10.1 Å². The Kier molecular flexibility index (Phi) is 5.24. The number of hydrogen-bond donors (Lipinski definition) is 1. The predicted octanol–water partition coefficient (Wildman–Crippen LogP) is 2.02. The number of hydrogen-bond acceptors (Lipinski definition) is 6. The Labute approximate surface area is 168 Å². The first-order valence-corrected chi connectivity index (χ1v) is 9.71. The van der Waals surface area contributed by atoms with Crippen LogP contribution in [0.1, 0.15) is 47.0 Å². The van der Waals surface area contributed by atoms with Crippen LogP contribution in [0.3, 0.4) is 0 Å². The molecule has 150 valence electrons. The Morgan fingerprint density at radius 2 is 2.10 bits per heavy atom. The first-order chi connectivity index (χ1) is 14.0. The Morgan fingerprint density at radius 1 is 1.28 bits per heavy atom. The van der Waals surface area contributed by atoms with Gasteiger partial charge in [0.1, 0.15) is 6.33 Å². The highest BCUT2D eigenvalue weighted by atomic mass is 16.5. The van der Waals surface area contributed by atoms with Crippen molar-refractivity contribution in [2.75, 3.05) is 6.61 Å². The van der Waals surface area contributed by atoms with Crippen molar-refractivity contribution in [2.45, 2.75) is 45.6 Å². The molecule has 1 amide bonds. The summed E-state index contributed by atoms with van der Waals surface area (Å²) in [7, 11) is 0. The average molecular weight is 393 g/mol. The van der Waals surface area contributed by atoms with Crippen molar-refractivity contribution in [3.8, 4) is 0 Å². The molecular weight excluding hydrogens is 370 g/mol. The van der Waals surface area contributed by atoms with Crippen LogP contribution in [0.25, 0.3) is 5.78 Å². The number of fused-ring (bicyclic) bond motifs is 2. The van der Waals surface area contributed by atoms with E-state index in [1.165, 1.54) is 11.9 Å². The lowest BCUT2D eigenvalue weighted by Crippen LogP contribution is -2.34. The number of amides is 1. The maximum atomic E-state index is 12.3. The zero-order valence-electron chi connectivity index (χ0n) is 16.5. The van der Waals surface area contributed by atoms with E-state index in [0.717, 1.165) is 36.1 Å². The zero-order chi connectivity index (χ0) is 20.4. The number of esters is 1. The first kappa shape index (κ1) is 19.0. The number of carbonyl (C=O) groups is 2. The monoisotopic (exact) mass is 393 g/mol. The molecule has 1 atom stereocenters. The fourth-order valence-corrected chi connectivity index (χ4v) is 3.89. The summed E-state index contributed by atoms with van der Waals surface area (Å²) >= 11 is 0. The molecule has 1 aliphatic rings. The lowest BCUT2D eigenvalue weighted by Gasteiger charge is -2.26. The van der Waals surface area contributed by atoms with Gasteiger partial charge in [0.15, 0.2) is 6.61 Å². The van der Waals surface area contributed by atoms with E-state index in [9.17, 15) is 9.59 Å². The smallest absolute Gasteiger partial charge is 0.310 e. The van der Waals surface area contributed by atoms with Crippen molar-refractivity contribution in [1.82, 2.24) is 24.9 Å². The lowest BCUT2D eigenvalue weighted by molar-refractivity contribution is -0.148. The summed E-state index contributed by atoms with van der Waals surface area (Å²) in [6, 6.07) is 8.10. The van der Waals surface area contributed by atoms with Crippen molar-refractivity contribution in [2.24, 2.45) is 0 Å². The summed E-state index contributed by atoms with van der Waals surface area (Å²) in [6.07, 6.45) is 4.39. The highest BCUT2D eigenvalue weighted by molar-refractivity contribution is 5.81. The minimum Gasteiger partial charge on any atom is -0.455 e. The third kappa shape index (κ3) is 3.96. The van der Waals surface area contributed by atoms with Gasteiger partial charge in [0.25, 0.3) is 11.7 Å². The van der Waals surface area contributed by atoms with E-state index in [1.54, 1.807) is 4.52 Å². The van der Waals surface area contributed by atoms with E-state index in [4.69, 9.17) is 4.74 Å². The quantitative estimate of drug-likeness (QED) is 0.666. The van der Waals surface area contributed by atoms with Crippen LogP contribution in [0.5, 0.6) is 0 Å². The Hall–Kier alpha value is -3.29. The Balaban J connectivity index is 1.35. The zero-order valence-corrected chi connectivity index (χ0v) is 16.5. The van der Waals surface area contributed by atoms with E-state index in [2.05, 4.69) is 26.4 Å². The van der Waals surface area contributed by atoms with Crippen molar-refractivity contribution in [3.05, 3.63) is 58.7 Å². The molecular formula is C21H23N5O3. The van der Waals surface area contributed by atoms with Gasteiger partial charge in [0.05, 0.1) is 12.5 Å². The summed E-state index contributed by atoms with van der Waals surface area (Å²) in [5, 5.41) is 7.10. The summed E-state index contributed by atoms with van der Waals surface area (Å²) < 4.78 is 6.80. The number of aryl methyl sites for hydroxylation is 3. The van der Waals surface area contributed by atoms with Crippen molar-refractivity contribution >= 4 is 17.7 Å². The van der Waals surface area contributed by atoms with Gasteiger partial charge in [0, 0.05) is 17.0 Å². The van der Waals surface area contributed by atoms with E-state index >= 15 is 0 Å². The molecule has 1 N–H and O–H groups in total. The molecule has 0 radical (unpaired) electrons. The van der Waals surface area contributed by atoms with Crippen LogP contribution in [0.4, 0.5) is 0 Å². The van der Waals surface area contributed by atoms with Crippen LogP contribution in [0.2, 0.25) is 0 Å². The topological polar surface area (TPSA) is 98.5 Å². The van der Waals surface area contributed by atoms with Crippen LogP contribution < -0.4 is 5.32 Å². The third-order valence-electron chi connectivity index (χ3n) is 5.38. The molecule has 1 aliphatic carbocycles. The fraction of sp³-hybridized carbons (Fsp3) is 0.381. The molecule has 2 aromatic heterocycles. The molecule has 0 aliphatic heterocycles. The van der Waals surface area contributed by atoms with Crippen LogP contribution >= 0.6 is 0 Å². The van der Waals surface area contributed by atoms with Gasteiger partial charge in [-0.1, -0.05) is 24.3 Å². The molecule has 0 fully saturated rings. The van der Waals surface area contributed by atoms with E-state index < -0.39 is 5.97 Å². The van der Waals surface area contributed by atoms with E-state index in [0.29, 0.717) is 11.5 Å². The van der Waals surface area contributed by atoms with Crippen LogP contribution in [-0.2, 0) is 27.2 Å². The normalized spacial score (nSPS) is 15.7. The molecule has 0 saturated carbocycles. The fourth-order valence-electron chi connectivity index (χ4n) is 3.89. The van der Waals surface area contributed by atoms with Gasteiger partial charge in [-0.15, -0.1) is 0 Å². The summed E-state index contributed by atoms with van der Waals surface area (Å²) in [4.78, 5) is 33.0. The second kappa shape index (κ2) is 7.98. The van der Waals surface area contributed by atoms with Gasteiger partial charge >= 0.3 is 5.97 Å². The highest BCUT2D eigenvalue weighted by Gasteiger charge is 2.22. The molecule has 29 heavy (non-hydrogen) atoms. The average Bonchev–Trinajstić information content (AvgIpc) is 3.18. The van der Waals surface area contributed by atoms with Crippen molar-refractivity contribution < 1.29 is 14.3 Å². The maximum Gasteiger partial charge on any atom is 0.310 e. The summed E-state index contributed by atoms with van der Waals surface area (Å²) in [6.45, 7) is 3.37. The van der Waals surface area contributed by atoms with Crippen LogP contribution in [0.15, 0.2) is 30.6 Å². The first-order valence-electron chi connectivity index (χ1n) is 9.71. The number of nitrogens with zero attached hydrogens (tertiary/aromatic N) is 4. The SMILES string of the molecule is Cc1nc2ncnn2c(C)c1CC(=O)OCC(=O)N[C@@H]1CCCc2ccccc21. The summed E-state index contributed by atoms with van der Waals surface area (Å²) in [5.74, 6) is -0.278. The highest BCUT2D eigenvalue weighted by Crippen LogP contribution is 2.29. The molecule has 0 spiro atoms. The Morgan fingerprint density at radius 3 is 2.97 bits per heavy atom. The predicted molar refractivity (Wildman–Crippen MR) is 105 cm³/mol. The molecule has 8 heteroatoms. The van der Waals surface area contributed by atoms with Crippen LogP contribution in [-0.4, -0.2) is 38.1 Å². The number of benzene rings is 1. The van der Waals surface area contributed by atoms with Gasteiger partial charge in [-0.25, -0.2) is 9.50 Å². The lowest BCUT2D eigenvalue weighted by atomic mass is 9.88. The number of carbonyl (C=O) groups excluding carboxylic acids is 2. The molecule has 4 rings (SSSR count). The molecule has 8 nitrogen and oxygen atoms in total. The minimum atomic E-state index is -0.475. The standard InChI is InChI=1S/C21H23N5O3/c1-13-17(14(2)26-21(24-13)22-12-23-26)10-20(28)29-11-19(27)25-18-9-5-7-15-6-3-4-8-16(15)18/h3-4,6,8,12,18H,5,7,9-11H2,1-2H3,(H,25,27)/t18-/m1/s1. The minimum absolute atomic E-state index is 0.0278. The van der Waals surface area contributed by atoms with Gasteiger partial charge in [0.2, 0.25) is 0 Å². The third-order valence-corrected chi connectivity index (χ3v) is 5.38. The number of ether oxygens (including phenoxy) is 1. The van der Waals surface area contributed by atoms with E-state index in [1.807, 2.05) is 32.0 Å². The molecule has 1 aromatic carbocycles. The molecule has 0 bridgehead atoms. The molecule has 2 heterocycles. The van der Waals surface area contributed by atoms with Gasteiger partial charge in [-0.05, 0) is 44.2 Å². The van der Waals surface area contributed by atoms with Crippen LogP contribution in [0, 0.1) is 13.8 Å². The second-order valence-electron chi connectivity index (χ2n) is 7.28. The molecule has 3 aromatic rings.